The number of carbonyl (C=O) groups is 2. The Morgan fingerprint density at radius 1 is 1.21 bits per heavy atom. The van der Waals surface area contributed by atoms with E-state index < -0.39 is 11.2 Å². The van der Waals surface area contributed by atoms with Gasteiger partial charge < -0.3 is 15.0 Å². The summed E-state index contributed by atoms with van der Waals surface area (Å²) < 4.78 is 18.7. The Labute approximate surface area is 164 Å². The van der Waals surface area contributed by atoms with Crippen LogP contribution in [0.15, 0.2) is 48.5 Å². The average Bonchev–Trinajstić information content (AvgIpc) is 2.71. The molecule has 1 heterocycles. The van der Waals surface area contributed by atoms with Gasteiger partial charge in [0.2, 0.25) is 5.91 Å². The van der Waals surface area contributed by atoms with Gasteiger partial charge >= 0.3 is 0 Å². The van der Waals surface area contributed by atoms with Gasteiger partial charge in [-0.25, -0.2) is 4.39 Å². The Morgan fingerprint density at radius 3 is 2.75 bits per heavy atom. The summed E-state index contributed by atoms with van der Waals surface area (Å²) in [6.07, 6.45) is 1.42. The van der Waals surface area contributed by atoms with Crippen LogP contribution in [-0.2, 0) is 11.3 Å². The lowest BCUT2D eigenvalue weighted by Gasteiger charge is -2.39. The van der Waals surface area contributed by atoms with E-state index in [0.717, 1.165) is 17.7 Å². The van der Waals surface area contributed by atoms with E-state index in [-0.39, 0.29) is 11.8 Å². The van der Waals surface area contributed by atoms with Crippen molar-refractivity contribution < 1.29 is 18.7 Å². The standard InChI is InChI=1S/C22H25FN2O3/c1-22(21(27)24-14-16-6-3-9-19(12-16)28-2)10-5-11-25(15-22)20(26)17-7-4-8-18(23)13-17/h3-4,6-9,12-13H,5,10-11,14-15H2,1-2H3,(H,24,27)/t22-/m0/s1. The number of hydrogen-bond donors (Lipinski definition) is 1. The number of ether oxygens (including phenoxy) is 1. The lowest BCUT2D eigenvalue weighted by Crippen LogP contribution is -2.51. The summed E-state index contributed by atoms with van der Waals surface area (Å²) in [6, 6.07) is 13.2. The van der Waals surface area contributed by atoms with Gasteiger partial charge in [0, 0.05) is 25.2 Å². The summed E-state index contributed by atoms with van der Waals surface area (Å²) >= 11 is 0. The smallest absolute Gasteiger partial charge is 0.253 e. The van der Waals surface area contributed by atoms with Crippen molar-refractivity contribution >= 4 is 11.8 Å². The average molecular weight is 384 g/mol. The third kappa shape index (κ3) is 4.50. The van der Waals surface area contributed by atoms with E-state index in [9.17, 15) is 14.0 Å². The highest BCUT2D eigenvalue weighted by molar-refractivity contribution is 5.95. The molecule has 2 aromatic carbocycles. The minimum atomic E-state index is -0.680. The van der Waals surface area contributed by atoms with Crippen LogP contribution in [0.2, 0.25) is 0 Å². The molecule has 148 valence electrons. The predicted molar refractivity (Wildman–Crippen MR) is 104 cm³/mol. The number of rotatable bonds is 5. The molecular weight excluding hydrogens is 359 g/mol. The molecule has 1 N–H and O–H groups in total. The van der Waals surface area contributed by atoms with E-state index in [2.05, 4.69) is 5.32 Å². The number of benzene rings is 2. The molecule has 2 aromatic rings. The van der Waals surface area contributed by atoms with Crippen LogP contribution in [0.4, 0.5) is 4.39 Å². The highest BCUT2D eigenvalue weighted by Crippen LogP contribution is 2.31. The fourth-order valence-electron chi connectivity index (χ4n) is 3.58. The molecule has 6 heteroatoms. The summed E-state index contributed by atoms with van der Waals surface area (Å²) in [6.45, 7) is 3.14. The van der Waals surface area contributed by atoms with Crippen molar-refractivity contribution in [2.45, 2.75) is 26.3 Å². The van der Waals surface area contributed by atoms with Crippen LogP contribution in [0, 0.1) is 11.2 Å². The van der Waals surface area contributed by atoms with E-state index in [4.69, 9.17) is 4.74 Å². The normalized spacial score (nSPS) is 19.2. The Balaban J connectivity index is 1.65. The number of amides is 2. The fourth-order valence-corrected chi connectivity index (χ4v) is 3.58. The van der Waals surface area contributed by atoms with Gasteiger partial charge in [-0.1, -0.05) is 18.2 Å². The van der Waals surface area contributed by atoms with Crippen molar-refractivity contribution in [3.8, 4) is 5.75 Å². The molecule has 1 atom stereocenters. The highest BCUT2D eigenvalue weighted by Gasteiger charge is 2.39. The lowest BCUT2D eigenvalue weighted by molar-refractivity contribution is -0.132. The topological polar surface area (TPSA) is 58.6 Å². The zero-order chi connectivity index (χ0) is 20.1. The maximum Gasteiger partial charge on any atom is 0.253 e. The molecule has 28 heavy (non-hydrogen) atoms. The van der Waals surface area contributed by atoms with Crippen LogP contribution in [0.1, 0.15) is 35.7 Å². The zero-order valence-corrected chi connectivity index (χ0v) is 16.2. The molecular formula is C22H25FN2O3. The van der Waals surface area contributed by atoms with E-state index >= 15 is 0 Å². The highest BCUT2D eigenvalue weighted by atomic mass is 19.1. The van der Waals surface area contributed by atoms with Gasteiger partial charge in [-0.05, 0) is 55.7 Å². The van der Waals surface area contributed by atoms with Crippen LogP contribution in [-0.4, -0.2) is 36.9 Å². The van der Waals surface area contributed by atoms with Crippen LogP contribution >= 0.6 is 0 Å². The molecule has 0 unspecified atom stereocenters. The molecule has 0 saturated carbocycles. The number of halogens is 1. The van der Waals surface area contributed by atoms with Crippen molar-refractivity contribution in [1.82, 2.24) is 10.2 Å². The molecule has 5 nitrogen and oxygen atoms in total. The first-order chi connectivity index (χ1) is 13.4. The summed E-state index contributed by atoms with van der Waals surface area (Å²) in [5, 5.41) is 2.98. The predicted octanol–water partition coefficient (Wildman–Crippen LogP) is 3.39. The second-order valence-electron chi connectivity index (χ2n) is 7.44. The Bertz CT molecular complexity index is 870. The van der Waals surface area contributed by atoms with Gasteiger partial charge in [0.05, 0.1) is 12.5 Å². The van der Waals surface area contributed by atoms with Crippen LogP contribution < -0.4 is 10.1 Å². The number of nitrogens with zero attached hydrogens (tertiary/aromatic N) is 1. The molecule has 0 aliphatic carbocycles. The monoisotopic (exact) mass is 384 g/mol. The molecule has 1 aliphatic heterocycles. The fraction of sp³-hybridized carbons (Fsp3) is 0.364. The van der Waals surface area contributed by atoms with Gasteiger partial charge in [0.15, 0.2) is 0 Å². The number of carbonyl (C=O) groups excluding carboxylic acids is 2. The summed E-state index contributed by atoms with van der Waals surface area (Å²) in [7, 11) is 1.60. The van der Waals surface area contributed by atoms with E-state index in [1.54, 1.807) is 18.1 Å². The Hall–Kier alpha value is -2.89. The molecule has 1 fully saturated rings. The molecule has 0 radical (unpaired) electrons. The van der Waals surface area contributed by atoms with Gasteiger partial charge in [0.1, 0.15) is 11.6 Å². The molecule has 1 aliphatic rings. The first-order valence-electron chi connectivity index (χ1n) is 9.37. The van der Waals surface area contributed by atoms with Crippen molar-refractivity contribution in [3.63, 3.8) is 0 Å². The third-order valence-electron chi connectivity index (χ3n) is 5.19. The zero-order valence-electron chi connectivity index (χ0n) is 16.2. The van der Waals surface area contributed by atoms with E-state index in [0.29, 0.717) is 31.6 Å². The first-order valence-corrected chi connectivity index (χ1v) is 9.37. The van der Waals surface area contributed by atoms with Gasteiger partial charge in [-0.15, -0.1) is 0 Å². The van der Waals surface area contributed by atoms with E-state index in [1.807, 2.05) is 31.2 Å². The number of nitrogens with one attached hydrogen (secondary N) is 1. The van der Waals surface area contributed by atoms with E-state index in [1.165, 1.54) is 18.2 Å². The molecule has 2 amide bonds. The molecule has 0 spiro atoms. The molecule has 3 rings (SSSR count). The number of hydrogen-bond acceptors (Lipinski definition) is 3. The van der Waals surface area contributed by atoms with Crippen molar-refractivity contribution in [2.75, 3.05) is 20.2 Å². The lowest BCUT2D eigenvalue weighted by atomic mass is 9.80. The van der Waals surface area contributed by atoms with Crippen LogP contribution in [0.25, 0.3) is 0 Å². The van der Waals surface area contributed by atoms with Gasteiger partial charge in [-0.2, -0.15) is 0 Å². The van der Waals surface area contributed by atoms with Crippen LogP contribution in [0.3, 0.4) is 0 Å². The minimum absolute atomic E-state index is 0.0907. The van der Waals surface area contributed by atoms with Crippen molar-refractivity contribution in [3.05, 3.63) is 65.5 Å². The number of methoxy groups -OCH3 is 1. The summed E-state index contributed by atoms with van der Waals surface area (Å²) in [5.74, 6) is -0.0396. The Kier molecular flexibility index (Phi) is 5.97. The van der Waals surface area contributed by atoms with Crippen molar-refractivity contribution in [2.24, 2.45) is 5.41 Å². The summed E-state index contributed by atoms with van der Waals surface area (Å²) in [5.41, 5.74) is 0.570. The maximum absolute atomic E-state index is 13.4. The van der Waals surface area contributed by atoms with Crippen molar-refractivity contribution in [1.29, 1.82) is 0 Å². The molecule has 0 aromatic heterocycles. The maximum atomic E-state index is 13.4. The SMILES string of the molecule is COc1cccc(CNC(=O)[C@@]2(C)CCCN(C(=O)c3cccc(F)c3)C2)c1. The van der Waals surface area contributed by atoms with Gasteiger partial charge in [0.25, 0.3) is 5.91 Å². The second kappa shape index (κ2) is 8.42. The number of likely N-dealkylation sites (tertiary alicyclic amines) is 1. The largest absolute Gasteiger partial charge is 0.497 e. The Morgan fingerprint density at radius 2 is 2.00 bits per heavy atom. The quantitative estimate of drug-likeness (QED) is 0.860. The number of piperidine rings is 1. The first kappa shape index (κ1) is 19.9. The van der Waals surface area contributed by atoms with Crippen LogP contribution in [0.5, 0.6) is 5.75 Å². The second-order valence-corrected chi connectivity index (χ2v) is 7.44. The van der Waals surface area contributed by atoms with Gasteiger partial charge in [-0.3, -0.25) is 9.59 Å². The summed E-state index contributed by atoms with van der Waals surface area (Å²) in [4.78, 5) is 27.2. The minimum Gasteiger partial charge on any atom is -0.497 e. The molecule has 0 bridgehead atoms. The third-order valence-corrected chi connectivity index (χ3v) is 5.19. The molecule has 1 saturated heterocycles.